The van der Waals surface area contributed by atoms with Gasteiger partial charge in [-0.25, -0.2) is 0 Å². The van der Waals surface area contributed by atoms with Crippen LogP contribution in [0.4, 0.5) is 0 Å². The van der Waals surface area contributed by atoms with E-state index in [2.05, 4.69) is 46.2 Å². The molecule has 0 saturated carbocycles. The zero-order valence-corrected chi connectivity index (χ0v) is 20.9. The maximum absolute atomic E-state index is 5.84. The van der Waals surface area contributed by atoms with Crippen molar-refractivity contribution in [3.63, 3.8) is 0 Å². The molecule has 2 N–H and O–H groups in total. The van der Waals surface area contributed by atoms with E-state index in [1.54, 1.807) is 6.33 Å². The molecule has 1 fully saturated rings. The smallest absolute Gasteiger partial charge is 0.191 e. The highest BCUT2D eigenvalue weighted by molar-refractivity contribution is 14.0. The Hall–Kier alpha value is -0.900. The molecule has 1 saturated heterocycles. The first-order chi connectivity index (χ1) is 13.7. The van der Waals surface area contributed by atoms with Gasteiger partial charge < -0.3 is 19.9 Å². The molecular weight excluding hydrogens is 479 g/mol. The molecule has 0 bridgehead atoms. The van der Waals surface area contributed by atoms with Crippen LogP contribution in [0.1, 0.15) is 78.0 Å². The number of nitrogens with zero attached hydrogens (tertiary/aromatic N) is 4. The summed E-state index contributed by atoms with van der Waals surface area (Å²) in [5.74, 6) is 1.91. The molecule has 1 aromatic heterocycles. The lowest BCUT2D eigenvalue weighted by molar-refractivity contribution is 0.0224. The first kappa shape index (κ1) is 26.1. The molecule has 1 aliphatic heterocycles. The summed E-state index contributed by atoms with van der Waals surface area (Å²) in [5, 5.41) is 15.2. The number of nitrogens with one attached hydrogen (secondary N) is 2. The van der Waals surface area contributed by atoms with Crippen LogP contribution in [0.5, 0.6) is 0 Å². The van der Waals surface area contributed by atoms with Crippen molar-refractivity contribution in [2.75, 3.05) is 19.7 Å². The van der Waals surface area contributed by atoms with Crippen LogP contribution in [0.2, 0.25) is 0 Å². The Labute approximate surface area is 193 Å². The minimum atomic E-state index is 0. The van der Waals surface area contributed by atoms with Gasteiger partial charge >= 0.3 is 0 Å². The average molecular weight is 521 g/mol. The molecule has 1 aromatic rings. The second-order valence-electron chi connectivity index (χ2n) is 7.79. The van der Waals surface area contributed by atoms with Gasteiger partial charge in [-0.1, -0.05) is 39.5 Å². The third-order valence-electron chi connectivity index (χ3n) is 5.26. The first-order valence-corrected chi connectivity index (χ1v) is 11.3. The predicted molar refractivity (Wildman–Crippen MR) is 130 cm³/mol. The fraction of sp³-hybridized carbons (Fsp3) is 0.857. The molecule has 7 nitrogen and oxygen atoms in total. The molecule has 0 spiro atoms. The Morgan fingerprint density at radius 3 is 2.90 bits per heavy atom. The maximum atomic E-state index is 5.84. The van der Waals surface area contributed by atoms with E-state index >= 15 is 0 Å². The highest BCUT2D eigenvalue weighted by Crippen LogP contribution is 2.12. The van der Waals surface area contributed by atoms with E-state index in [0.29, 0.717) is 6.04 Å². The lowest BCUT2D eigenvalue weighted by atomic mass is 10.1. The van der Waals surface area contributed by atoms with Crippen LogP contribution in [0, 0.1) is 0 Å². The van der Waals surface area contributed by atoms with Gasteiger partial charge in [0.2, 0.25) is 0 Å². The maximum Gasteiger partial charge on any atom is 0.191 e. The summed E-state index contributed by atoms with van der Waals surface area (Å²) < 4.78 is 7.94. The number of guanidine groups is 1. The number of ether oxygens (including phenoxy) is 1. The molecule has 0 amide bonds. The summed E-state index contributed by atoms with van der Waals surface area (Å²) in [7, 11) is 0. The van der Waals surface area contributed by atoms with Crippen molar-refractivity contribution in [2.24, 2.45) is 4.99 Å². The molecule has 0 aromatic carbocycles. The van der Waals surface area contributed by atoms with Crippen LogP contribution in [0.25, 0.3) is 0 Å². The Morgan fingerprint density at radius 1 is 1.31 bits per heavy atom. The molecular formula is C21H41IN6O. The lowest BCUT2D eigenvalue weighted by Gasteiger charge is -2.23. The van der Waals surface area contributed by atoms with Gasteiger partial charge in [0.05, 0.1) is 12.6 Å². The van der Waals surface area contributed by atoms with E-state index in [0.717, 1.165) is 50.9 Å². The van der Waals surface area contributed by atoms with Crippen molar-refractivity contribution < 1.29 is 4.74 Å². The van der Waals surface area contributed by atoms with E-state index < -0.39 is 0 Å². The van der Waals surface area contributed by atoms with Gasteiger partial charge in [0, 0.05) is 32.2 Å². The molecule has 8 heteroatoms. The quantitative estimate of drug-likeness (QED) is 0.189. The summed E-state index contributed by atoms with van der Waals surface area (Å²) >= 11 is 0. The van der Waals surface area contributed by atoms with Crippen LogP contribution >= 0.6 is 24.0 Å². The van der Waals surface area contributed by atoms with Gasteiger partial charge in [-0.2, -0.15) is 0 Å². The Balaban J connectivity index is 0.00000420. The van der Waals surface area contributed by atoms with Crippen molar-refractivity contribution >= 4 is 29.9 Å². The van der Waals surface area contributed by atoms with E-state index in [1.165, 1.54) is 44.9 Å². The lowest BCUT2D eigenvalue weighted by Crippen LogP contribution is -2.44. The molecule has 2 atom stereocenters. The first-order valence-electron chi connectivity index (χ1n) is 11.3. The molecule has 2 unspecified atom stereocenters. The van der Waals surface area contributed by atoms with Crippen LogP contribution in [-0.2, 0) is 17.7 Å². The van der Waals surface area contributed by atoms with E-state index in [-0.39, 0.29) is 30.1 Å². The van der Waals surface area contributed by atoms with E-state index in [4.69, 9.17) is 9.73 Å². The highest BCUT2D eigenvalue weighted by atomic mass is 127. The molecule has 0 radical (unpaired) electrons. The Kier molecular flexibility index (Phi) is 14.3. The summed E-state index contributed by atoms with van der Waals surface area (Å²) in [5.41, 5.74) is 0. The average Bonchev–Trinajstić information content (AvgIpc) is 3.17. The normalized spacial score (nSPS) is 18.2. The number of rotatable bonds is 12. The van der Waals surface area contributed by atoms with Gasteiger partial charge in [0.15, 0.2) is 5.96 Å². The van der Waals surface area contributed by atoms with Gasteiger partial charge in [-0.05, 0) is 32.6 Å². The largest absolute Gasteiger partial charge is 0.376 e. The summed E-state index contributed by atoms with van der Waals surface area (Å²) in [6, 6.07) is 0.413. The number of hydrogen-bond donors (Lipinski definition) is 2. The number of halogens is 1. The van der Waals surface area contributed by atoms with E-state index in [1.807, 2.05) is 0 Å². The molecule has 2 rings (SSSR count). The number of aromatic nitrogens is 3. The van der Waals surface area contributed by atoms with Crippen molar-refractivity contribution in [1.82, 2.24) is 25.4 Å². The Morgan fingerprint density at radius 2 is 2.17 bits per heavy atom. The monoisotopic (exact) mass is 520 g/mol. The fourth-order valence-electron chi connectivity index (χ4n) is 3.51. The number of hydrogen-bond acceptors (Lipinski definition) is 4. The van der Waals surface area contributed by atoms with Crippen molar-refractivity contribution in [1.29, 1.82) is 0 Å². The predicted octanol–water partition coefficient (Wildman–Crippen LogP) is 3.92. The third-order valence-corrected chi connectivity index (χ3v) is 5.26. The second-order valence-corrected chi connectivity index (χ2v) is 7.79. The standard InChI is InChI=1S/C21H40N6O.HI/c1-4-6-7-8-11-18(3)25-21(23-16-19-12-9-10-15-28-19)22-13-14-27-17-24-26-20(27)5-2;/h17-19H,4-16H2,1-3H3,(H2,22,23,25);1H. The number of aryl methyl sites for hydroxylation is 1. The summed E-state index contributed by atoms with van der Waals surface area (Å²) in [6.07, 6.45) is 12.9. The number of unbranched alkanes of at least 4 members (excludes halogenated alkanes) is 3. The SMILES string of the molecule is CCCCCCC(C)NC(=NCC1CCCCO1)NCCn1cnnc1CC.I. The van der Waals surface area contributed by atoms with Gasteiger partial charge in [0.1, 0.15) is 12.2 Å². The summed E-state index contributed by atoms with van der Waals surface area (Å²) in [6.45, 7) is 9.83. The molecule has 1 aliphatic rings. The number of aliphatic imine (C=N–C) groups is 1. The van der Waals surface area contributed by atoms with Gasteiger partial charge in [-0.15, -0.1) is 34.2 Å². The van der Waals surface area contributed by atoms with E-state index in [9.17, 15) is 0 Å². The van der Waals surface area contributed by atoms with Crippen LogP contribution in [0.3, 0.4) is 0 Å². The van der Waals surface area contributed by atoms with Crippen molar-refractivity contribution in [2.45, 2.75) is 97.2 Å². The second kappa shape index (κ2) is 15.9. The molecule has 168 valence electrons. The van der Waals surface area contributed by atoms with Crippen LogP contribution in [0.15, 0.2) is 11.3 Å². The minimum absolute atomic E-state index is 0. The molecule has 2 heterocycles. The fourth-order valence-corrected chi connectivity index (χ4v) is 3.51. The Bertz CT molecular complexity index is 559. The zero-order valence-electron chi connectivity index (χ0n) is 18.5. The van der Waals surface area contributed by atoms with Gasteiger partial charge in [-0.3, -0.25) is 4.99 Å². The van der Waals surface area contributed by atoms with Crippen molar-refractivity contribution in [3.8, 4) is 0 Å². The zero-order chi connectivity index (χ0) is 20.0. The van der Waals surface area contributed by atoms with Gasteiger partial charge in [0.25, 0.3) is 0 Å². The molecule has 29 heavy (non-hydrogen) atoms. The van der Waals surface area contributed by atoms with Crippen molar-refractivity contribution in [3.05, 3.63) is 12.2 Å². The molecule has 0 aliphatic carbocycles. The van der Waals surface area contributed by atoms with Crippen LogP contribution in [-0.4, -0.2) is 52.6 Å². The topological polar surface area (TPSA) is 76.4 Å². The highest BCUT2D eigenvalue weighted by Gasteiger charge is 2.14. The van der Waals surface area contributed by atoms with Crippen LogP contribution < -0.4 is 10.6 Å². The third kappa shape index (κ3) is 10.6. The minimum Gasteiger partial charge on any atom is -0.376 e. The summed E-state index contributed by atoms with van der Waals surface area (Å²) in [4.78, 5) is 4.82.